The van der Waals surface area contributed by atoms with Gasteiger partial charge in [0.05, 0.1) is 22.8 Å². The summed E-state index contributed by atoms with van der Waals surface area (Å²) in [5, 5.41) is 30.2. The van der Waals surface area contributed by atoms with E-state index in [0.717, 1.165) is 50.6 Å². The first-order valence-corrected chi connectivity index (χ1v) is 23.5. The number of aryl methyl sites for hydroxylation is 1. The van der Waals surface area contributed by atoms with Crippen LogP contribution in [0, 0.1) is 6.92 Å². The van der Waals surface area contributed by atoms with E-state index in [9.17, 15) is 36.2 Å². The van der Waals surface area contributed by atoms with Crippen molar-refractivity contribution in [1.29, 1.82) is 0 Å². The van der Waals surface area contributed by atoms with Gasteiger partial charge in [-0.05, 0) is 143 Å². The Bertz CT molecular complexity index is 3240. The van der Waals surface area contributed by atoms with Gasteiger partial charge in [0, 0.05) is 41.3 Å². The Kier molecular flexibility index (Phi) is 13.0. The summed E-state index contributed by atoms with van der Waals surface area (Å²) in [7, 11) is -9.09. The summed E-state index contributed by atoms with van der Waals surface area (Å²) in [6, 6.07) is 45.0. The normalized spacial score (nSPS) is 12.5. The molecule has 8 rings (SSSR count). The molecular weight excluding hydrogens is 873 g/mol. The minimum Gasteiger partial charge on any atom is -0.508 e. The number of benzene rings is 7. The summed E-state index contributed by atoms with van der Waals surface area (Å²) in [6.07, 6.45) is 11.0. The lowest BCUT2D eigenvalue weighted by atomic mass is 10.0. The molecule has 0 bridgehead atoms. The zero-order valence-corrected chi connectivity index (χ0v) is 37.1. The Morgan fingerprint density at radius 1 is 0.515 bits per heavy atom. The van der Waals surface area contributed by atoms with Crippen molar-refractivity contribution < 1.29 is 36.2 Å². The molecular formula is C52H44N4O8S2. The Morgan fingerprint density at radius 2 is 0.985 bits per heavy atom. The van der Waals surface area contributed by atoms with Gasteiger partial charge in [-0.3, -0.25) is 9.11 Å². The van der Waals surface area contributed by atoms with Crippen molar-refractivity contribution in [2.75, 3.05) is 16.0 Å². The molecule has 0 saturated carbocycles. The predicted octanol–water partition coefficient (Wildman–Crippen LogP) is 11.6. The van der Waals surface area contributed by atoms with E-state index in [-0.39, 0.29) is 39.1 Å². The fourth-order valence-electron chi connectivity index (χ4n) is 7.25. The molecule has 0 unspecified atom stereocenters. The summed E-state index contributed by atoms with van der Waals surface area (Å²) >= 11 is 0. The molecule has 7 aromatic carbocycles. The van der Waals surface area contributed by atoms with Gasteiger partial charge in [0.15, 0.2) is 0 Å². The van der Waals surface area contributed by atoms with Crippen molar-refractivity contribution in [3.05, 3.63) is 215 Å². The number of aliphatic imine (C=N–C) groups is 1. The van der Waals surface area contributed by atoms with Gasteiger partial charge in [-0.1, -0.05) is 78.9 Å². The number of phenols is 2. The van der Waals surface area contributed by atoms with E-state index in [1.165, 1.54) is 24.3 Å². The van der Waals surface area contributed by atoms with Crippen LogP contribution < -0.4 is 16.0 Å². The number of allylic oxidation sites excluding steroid dienone is 5. The number of para-hydroxylation sites is 1. The molecule has 0 radical (unpaired) electrons. The maximum Gasteiger partial charge on any atom is 0.296 e. The maximum absolute atomic E-state index is 12.3. The average molecular weight is 917 g/mol. The maximum atomic E-state index is 12.3. The molecule has 7 N–H and O–H groups in total. The third-order valence-corrected chi connectivity index (χ3v) is 12.5. The molecule has 0 amide bonds. The number of anilines is 6. The lowest BCUT2D eigenvalue weighted by molar-refractivity contribution is 0.467. The van der Waals surface area contributed by atoms with E-state index in [4.69, 9.17) is 4.99 Å². The second-order valence-corrected chi connectivity index (χ2v) is 18.5. The van der Waals surface area contributed by atoms with Gasteiger partial charge in [0.1, 0.15) is 21.3 Å². The van der Waals surface area contributed by atoms with E-state index >= 15 is 0 Å². The lowest BCUT2D eigenvalue weighted by Crippen LogP contribution is -2.05. The van der Waals surface area contributed by atoms with Crippen LogP contribution in [0.3, 0.4) is 0 Å². The molecule has 0 aromatic heterocycles. The van der Waals surface area contributed by atoms with E-state index in [2.05, 4.69) is 22.0 Å². The van der Waals surface area contributed by atoms with Crippen molar-refractivity contribution in [3.8, 4) is 11.5 Å². The highest BCUT2D eigenvalue weighted by Crippen LogP contribution is 2.35. The Labute approximate surface area is 383 Å². The van der Waals surface area contributed by atoms with E-state index in [1.54, 1.807) is 43.3 Å². The molecule has 12 nitrogen and oxygen atoms in total. The van der Waals surface area contributed by atoms with Gasteiger partial charge < -0.3 is 26.2 Å². The zero-order valence-electron chi connectivity index (χ0n) is 35.4. The van der Waals surface area contributed by atoms with Crippen LogP contribution in [0.1, 0.15) is 33.4 Å². The van der Waals surface area contributed by atoms with Crippen molar-refractivity contribution >= 4 is 71.8 Å². The van der Waals surface area contributed by atoms with Gasteiger partial charge in [-0.2, -0.15) is 16.8 Å². The summed E-state index contributed by atoms with van der Waals surface area (Å²) in [4.78, 5) is 4.14. The number of aromatic hydroxyl groups is 2. The van der Waals surface area contributed by atoms with Crippen LogP contribution in [0.15, 0.2) is 196 Å². The van der Waals surface area contributed by atoms with Crippen molar-refractivity contribution in [3.63, 3.8) is 0 Å². The lowest BCUT2D eigenvalue weighted by Gasteiger charge is -2.14. The molecule has 0 heterocycles. The number of hydrogen-bond acceptors (Lipinski definition) is 10. The minimum atomic E-state index is -4.58. The van der Waals surface area contributed by atoms with Crippen molar-refractivity contribution in [2.24, 2.45) is 4.99 Å². The highest BCUT2D eigenvalue weighted by atomic mass is 32.2. The van der Waals surface area contributed by atoms with Crippen molar-refractivity contribution in [1.82, 2.24) is 0 Å². The number of nitrogens with zero attached hydrogens (tertiary/aromatic N) is 1. The summed E-state index contributed by atoms with van der Waals surface area (Å²) < 4.78 is 68.0. The van der Waals surface area contributed by atoms with Gasteiger partial charge in [-0.15, -0.1) is 0 Å². The number of phenolic OH excluding ortho intramolecular Hbond substituents is 2. The van der Waals surface area contributed by atoms with Crippen LogP contribution >= 0.6 is 0 Å². The highest BCUT2D eigenvalue weighted by Gasteiger charge is 2.21. The third-order valence-electron chi connectivity index (χ3n) is 10.7. The van der Waals surface area contributed by atoms with Crippen molar-refractivity contribution in [2.45, 2.75) is 29.6 Å². The fraction of sp³-hybridized carbons (Fsp3) is 0.0577. The SMILES string of the molecule is Cc1cc(S(=O)(=O)O)c(Nc2ccc(Cc3ccc(N=C4C=CC(=Cc5ccc(Nc6ccc(Cc7cc(S(=O)(=O)O)c(Nc8ccccc8)cc7O)cc6)cc5)C=C4)cc3)cc2)cc1O. The highest BCUT2D eigenvalue weighted by molar-refractivity contribution is 7.86. The molecule has 66 heavy (non-hydrogen) atoms. The molecule has 7 aromatic rings. The molecule has 0 saturated heterocycles. The second-order valence-electron chi connectivity index (χ2n) is 15.7. The second kappa shape index (κ2) is 19.2. The van der Waals surface area contributed by atoms with Crippen LogP contribution in [-0.2, 0) is 33.1 Å². The largest absolute Gasteiger partial charge is 0.508 e. The van der Waals surface area contributed by atoms with Crippen LogP contribution in [0.25, 0.3) is 6.08 Å². The topological polar surface area (TPSA) is 198 Å². The summed E-state index contributed by atoms with van der Waals surface area (Å²) in [6.45, 7) is 1.55. The van der Waals surface area contributed by atoms with E-state index in [0.29, 0.717) is 28.9 Å². The molecule has 0 aliphatic heterocycles. The van der Waals surface area contributed by atoms with Crippen LogP contribution in [0.5, 0.6) is 11.5 Å². The van der Waals surface area contributed by atoms with Gasteiger partial charge in [0.2, 0.25) is 0 Å². The first-order chi connectivity index (χ1) is 31.6. The monoisotopic (exact) mass is 916 g/mol. The average Bonchev–Trinajstić information content (AvgIpc) is 3.28. The summed E-state index contributed by atoms with van der Waals surface area (Å²) in [5.41, 5.74) is 10.4. The van der Waals surface area contributed by atoms with Crippen LogP contribution in [0.4, 0.5) is 39.8 Å². The van der Waals surface area contributed by atoms with Gasteiger partial charge >= 0.3 is 0 Å². The molecule has 0 fully saturated rings. The molecule has 1 aliphatic carbocycles. The van der Waals surface area contributed by atoms with Gasteiger partial charge in [-0.25, -0.2) is 4.99 Å². The van der Waals surface area contributed by atoms with E-state index in [1.807, 2.05) is 115 Å². The number of nitrogens with one attached hydrogen (secondary N) is 3. The van der Waals surface area contributed by atoms with Gasteiger partial charge in [0.25, 0.3) is 20.2 Å². The molecule has 1 aliphatic rings. The minimum absolute atomic E-state index is 0.0699. The standard InChI is InChI=1S/C52H44N4O8S2/c1-34-27-51(65(59,60)61)47(32-49(34)57)56-46-25-13-38(14-26-46)29-37-11-19-43(20-12-37)53-42-17-7-35(8-18-42)28-36-9-21-44(22-10-36)54-45-23-15-39(16-24-45)30-40-31-52(66(62,63)64)48(33-50(40)58)55-41-5-3-2-4-6-41/h2-28,31-33,54-58H,29-30H2,1H3,(H,59,60,61)(H,62,63,64). The van der Waals surface area contributed by atoms with E-state index < -0.39 is 20.2 Å². The number of hydrogen-bond donors (Lipinski definition) is 7. The predicted molar refractivity (Wildman–Crippen MR) is 262 cm³/mol. The molecule has 332 valence electrons. The smallest absolute Gasteiger partial charge is 0.296 e. The molecule has 0 spiro atoms. The van der Waals surface area contributed by atoms with Crippen LogP contribution in [0.2, 0.25) is 0 Å². The quantitative estimate of drug-likeness (QED) is 0.0513. The molecule has 14 heteroatoms. The first-order valence-electron chi connectivity index (χ1n) is 20.7. The first kappa shape index (κ1) is 44.8. The third kappa shape index (κ3) is 11.5. The number of rotatable bonds is 14. The fourth-order valence-corrected chi connectivity index (χ4v) is 8.64. The van der Waals surface area contributed by atoms with Crippen LogP contribution in [-0.4, -0.2) is 41.9 Å². The summed E-state index contributed by atoms with van der Waals surface area (Å²) in [5.74, 6) is -0.193. The Hall–Kier alpha value is -7.75. The zero-order chi connectivity index (χ0) is 46.4. The Balaban J connectivity index is 0.830. The Morgan fingerprint density at radius 3 is 1.55 bits per heavy atom. The molecule has 0 atom stereocenters.